The van der Waals surface area contributed by atoms with Crippen LogP contribution < -0.4 is 5.32 Å². The van der Waals surface area contributed by atoms with Crippen LogP contribution in [0.1, 0.15) is 18.4 Å². The van der Waals surface area contributed by atoms with Gasteiger partial charge in [-0.25, -0.2) is 4.79 Å². The predicted octanol–water partition coefficient (Wildman–Crippen LogP) is 0.555. The van der Waals surface area contributed by atoms with E-state index in [-0.39, 0.29) is 36.8 Å². The fourth-order valence-corrected chi connectivity index (χ4v) is 2.99. The van der Waals surface area contributed by atoms with Gasteiger partial charge in [0.1, 0.15) is 6.61 Å². The van der Waals surface area contributed by atoms with E-state index in [9.17, 15) is 24.8 Å². The third kappa shape index (κ3) is 3.30. The Hall–Kier alpha value is -2.68. The number of non-ortho nitro benzene ring substituents is 1. The van der Waals surface area contributed by atoms with Crippen LogP contribution >= 0.6 is 0 Å². The van der Waals surface area contributed by atoms with Crippen LogP contribution in [-0.4, -0.2) is 51.7 Å². The lowest BCUT2D eigenvalue weighted by Gasteiger charge is -2.36. The second-order valence-electron chi connectivity index (χ2n) is 5.97. The number of rotatable bonds is 4. The molecule has 2 amide bonds. The summed E-state index contributed by atoms with van der Waals surface area (Å²) in [5, 5.41) is 23.1. The minimum Gasteiger partial charge on any atom is -0.445 e. The number of benzene rings is 1. The van der Waals surface area contributed by atoms with E-state index in [0.29, 0.717) is 18.4 Å². The first kappa shape index (κ1) is 16.2. The van der Waals surface area contributed by atoms with Crippen molar-refractivity contribution in [3.05, 3.63) is 39.9 Å². The number of nitrogens with zero attached hydrogens (tertiary/aromatic N) is 2. The van der Waals surface area contributed by atoms with Gasteiger partial charge >= 0.3 is 6.09 Å². The summed E-state index contributed by atoms with van der Waals surface area (Å²) in [6.07, 6.45) is -0.475. The van der Waals surface area contributed by atoms with Crippen LogP contribution in [-0.2, 0) is 16.1 Å². The highest BCUT2D eigenvalue weighted by molar-refractivity contribution is 5.83. The van der Waals surface area contributed by atoms with Crippen LogP contribution in [0.25, 0.3) is 0 Å². The lowest BCUT2D eigenvalue weighted by atomic mass is 9.95. The van der Waals surface area contributed by atoms with Crippen molar-refractivity contribution < 1.29 is 24.4 Å². The molecular formula is C15H17N3O6. The fourth-order valence-electron chi connectivity index (χ4n) is 2.99. The fraction of sp³-hybridized carbons (Fsp3) is 0.467. The molecule has 1 aromatic carbocycles. The first-order valence-electron chi connectivity index (χ1n) is 7.58. The molecule has 24 heavy (non-hydrogen) atoms. The molecule has 2 saturated heterocycles. The zero-order valence-corrected chi connectivity index (χ0v) is 12.8. The molecule has 128 valence electrons. The Labute approximate surface area is 137 Å². The molecule has 0 spiro atoms. The van der Waals surface area contributed by atoms with Gasteiger partial charge in [-0.1, -0.05) is 0 Å². The highest BCUT2D eigenvalue weighted by Crippen LogP contribution is 2.26. The Morgan fingerprint density at radius 1 is 1.42 bits per heavy atom. The second-order valence-corrected chi connectivity index (χ2v) is 5.97. The number of nitro groups is 1. The van der Waals surface area contributed by atoms with Gasteiger partial charge in [0.15, 0.2) is 0 Å². The van der Waals surface area contributed by atoms with Crippen molar-refractivity contribution in [3.8, 4) is 0 Å². The third-order valence-electron chi connectivity index (χ3n) is 4.28. The van der Waals surface area contributed by atoms with Crippen LogP contribution in [0.15, 0.2) is 24.3 Å². The molecule has 0 saturated carbocycles. The number of aliphatic hydroxyl groups excluding tert-OH is 1. The number of nitrogens with one attached hydrogen (secondary N) is 1. The van der Waals surface area contributed by atoms with Crippen molar-refractivity contribution in [1.82, 2.24) is 10.2 Å². The monoisotopic (exact) mass is 335 g/mol. The van der Waals surface area contributed by atoms with Gasteiger partial charge in [-0.15, -0.1) is 0 Å². The average molecular weight is 335 g/mol. The van der Waals surface area contributed by atoms with Gasteiger partial charge in [0.25, 0.3) is 5.69 Å². The molecule has 0 bridgehead atoms. The van der Waals surface area contributed by atoms with Crippen molar-refractivity contribution in [2.45, 2.75) is 37.6 Å². The van der Waals surface area contributed by atoms with Gasteiger partial charge in [0.2, 0.25) is 5.91 Å². The van der Waals surface area contributed by atoms with Gasteiger partial charge in [0.05, 0.1) is 29.7 Å². The van der Waals surface area contributed by atoms with E-state index in [2.05, 4.69) is 5.32 Å². The Kier molecular flexibility index (Phi) is 4.34. The summed E-state index contributed by atoms with van der Waals surface area (Å²) in [6, 6.07) is 5.30. The summed E-state index contributed by atoms with van der Waals surface area (Å²) in [4.78, 5) is 34.8. The van der Waals surface area contributed by atoms with Crippen LogP contribution in [0, 0.1) is 10.1 Å². The van der Waals surface area contributed by atoms with Gasteiger partial charge in [-0.2, -0.15) is 0 Å². The minimum absolute atomic E-state index is 0.0207. The highest BCUT2D eigenvalue weighted by atomic mass is 16.6. The maximum atomic E-state index is 12.2. The van der Waals surface area contributed by atoms with Crippen molar-refractivity contribution >= 4 is 17.7 Å². The zero-order valence-electron chi connectivity index (χ0n) is 12.8. The number of amides is 2. The molecule has 0 unspecified atom stereocenters. The van der Waals surface area contributed by atoms with E-state index in [1.54, 1.807) is 0 Å². The van der Waals surface area contributed by atoms with Gasteiger partial charge < -0.3 is 20.1 Å². The molecule has 0 radical (unpaired) electrons. The summed E-state index contributed by atoms with van der Waals surface area (Å²) in [5.41, 5.74) is 0.593. The molecule has 2 heterocycles. The topological polar surface area (TPSA) is 122 Å². The van der Waals surface area contributed by atoms with Gasteiger partial charge in [0, 0.05) is 18.6 Å². The van der Waals surface area contributed by atoms with Crippen molar-refractivity contribution in [3.63, 3.8) is 0 Å². The molecule has 3 rings (SSSR count). The largest absolute Gasteiger partial charge is 0.445 e. The predicted molar refractivity (Wildman–Crippen MR) is 80.9 cm³/mol. The first-order valence-corrected chi connectivity index (χ1v) is 7.58. The number of hydrogen-bond donors (Lipinski definition) is 2. The van der Waals surface area contributed by atoms with E-state index >= 15 is 0 Å². The maximum Gasteiger partial charge on any atom is 0.410 e. The normalized spacial score (nSPS) is 25.8. The Bertz CT molecular complexity index is 654. The number of β-lactam (4-membered cyclic amide) rings is 1. The lowest BCUT2D eigenvalue weighted by Crippen LogP contribution is -2.59. The van der Waals surface area contributed by atoms with Crippen LogP contribution in [0.5, 0.6) is 0 Å². The Balaban J connectivity index is 1.57. The van der Waals surface area contributed by atoms with E-state index in [0.717, 1.165) is 0 Å². The number of aliphatic hydroxyl groups is 1. The van der Waals surface area contributed by atoms with Gasteiger partial charge in [-0.3, -0.25) is 14.9 Å². The SMILES string of the molecule is O=C1C[C@@H]([C@@H]2C[C@@H](O)CN2C(=O)OCc2ccc([N+](=O)[O-])cc2)N1. The molecule has 9 heteroatoms. The average Bonchev–Trinajstić information content (AvgIpc) is 2.91. The molecule has 0 aliphatic carbocycles. The number of likely N-dealkylation sites (tertiary alicyclic amines) is 1. The number of hydrogen-bond acceptors (Lipinski definition) is 6. The zero-order chi connectivity index (χ0) is 17.3. The smallest absolute Gasteiger partial charge is 0.410 e. The molecule has 9 nitrogen and oxygen atoms in total. The standard InChI is InChI=1S/C15H17N3O6/c19-11-5-13(12-6-14(20)16-12)17(7-11)15(21)24-8-9-1-3-10(4-2-9)18(22)23/h1-4,11-13,19H,5-8H2,(H,16,20)/t11-,12+,13+/m1/s1. The first-order chi connectivity index (χ1) is 11.4. The van der Waals surface area contributed by atoms with Crippen LogP contribution in [0.4, 0.5) is 10.5 Å². The third-order valence-corrected chi connectivity index (χ3v) is 4.28. The van der Waals surface area contributed by atoms with Gasteiger partial charge in [-0.05, 0) is 24.1 Å². The van der Waals surface area contributed by atoms with E-state index in [4.69, 9.17) is 4.74 Å². The van der Waals surface area contributed by atoms with Crippen molar-refractivity contribution in [2.24, 2.45) is 0 Å². The van der Waals surface area contributed by atoms with Crippen molar-refractivity contribution in [1.29, 1.82) is 0 Å². The summed E-state index contributed by atoms with van der Waals surface area (Å²) in [6.45, 7) is 0.142. The van der Waals surface area contributed by atoms with E-state index < -0.39 is 17.1 Å². The number of carbonyl (C=O) groups is 2. The molecule has 2 N–H and O–H groups in total. The number of carbonyl (C=O) groups excluding carboxylic acids is 2. The molecule has 2 fully saturated rings. The minimum atomic E-state index is -0.639. The molecule has 2 aliphatic rings. The summed E-state index contributed by atoms with van der Waals surface area (Å²) < 4.78 is 5.23. The molecular weight excluding hydrogens is 318 g/mol. The van der Waals surface area contributed by atoms with E-state index in [1.807, 2.05) is 0 Å². The van der Waals surface area contributed by atoms with Crippen LogP contribution in [0.2, 0.25) is 0 Å². The number of nitro benzene ring substituents is 1. The van der Waals surface area contributed by atoms with Crippen LogP contribution in [0.3, 0.4) is 0 Å². The van der Waals surface area contributed by atoms with Crippen molar-refractivity contribution in [2.75, 3.05) is 6.54 Å². The number of ether oxygens (including phenoxy) is 1. The quantitative estimate of drug-likeness (QED) is 0.471. The molecule has 2 aliphatic heterocycles. The maximum absolute atomic E-state index is 12.2. The molecule has 0 aromatic heterocycles. The van der Waals surface area contributed by atoms with E-state index in [1.165, 1.54) is 29.2 Å². The second kappa shape index (κ2) is 6.44. The summed E-state index contributed by atoms with van der Waals surface area (Å²) in [5.74, 6) is -0.0689. The molecule has 1 aromatic rings. The molecule has 3 atom stereocenters. The highest BCUT2D eigenvalue weighted by Gasteiger charge is 2.44. The Morgan fingerprint density at radius 2 is 2.08 bits per heavy atom. The number of β-amino-alcohol motifs (C(OH)–C–C–N with tert-alkyl or cyclic N) is 1. The Morgan fingerprint density at radius 3 is 2.67 bits per heavy atom. The summed E-state index contributed by atoms with van der Waals surface area (Å²) >= 11 is 0. The summed E-state index contributed by atoms with van der Waals surface area (Å²) in [7, 11) is 0. The lowest BCUT2D eigenvalue weighted by molar-refractivity contribution is -0.384.